The lowest BCUT2D eigenvalue weighted by atomic mass is 10.0. The van der Waals surface area contributed by atoms with Gasteiger partial charge in [-0.05, 0) is 88.4 Å². The van der Waals surface area contributed by atoms with E-state index < -0.39 is 24.0 Å². The molecule has 0 saturated carbocycles. The highest BCUT2D eigenvalue weighted by Gasteiger charge is 2.30. The average Bonchev–Trinajstić information content (AvgIpc) is 3.79. The molecule has 2 aliphatic heterocycles. The topological polar surface area (TPSA) is 124 Å². The van der Waals surface area contributed by atoms with Gasteiger partial charge in [-0.25, -0.2) is 14.2 Å². The van der Waals surface area contributed by atoms with Crippen molar-refractivity contribution in [1.29, 1.82) is 0 Å². The third kappa shape index (κ3) is 8.93. The smallest absolute Gasteiger partial charge is 0.412 e. The molecule has 1 unspecified atom stereocenters. The van der Waals surface area contributed by atoms with Crippen molar-refractivity contribution >= 4 is 34.8 Å². The van der Waals surface area contributed by atoms with Gasteiger partial charge in [-0.3, -0.25) is 14.9 Å². The van der Waals surface area contributed by atoms with E-state index >= 15 is 0 Å². The summed E-state index contributed by atoms with van der Waals surface area (Å²) in [6.07, 6.45) is 7.28. The summed E-state index contributed by atoms with van der Waals surface area (Å²) in [6.45, 7) is 7.19. The van der Waals surface area contributed by atoms with Crippen molar-refractivity contribution in [2.75, 3.05) is 35.2 Å². The first-order valence-electron chi connectivity index (χ1n) is 16.9. The zero-order valence-electron chi connectivity index (χ0n) is 28.5. The highest BCUT2D eigenvalue weighted by atomic mass is 19.1. The summed E-state index contributed by atoms with van der Waals surface area (Å²) in [4.78, 5) is 46.0. The molecule has 3 aromatic carbocycles. The first-order valence-corrected chi connectivity index (χ1v) is 16.9. The van der Waals surface area contributed by atoms with Crippen LogP contribution < -0.4 is 15.5 Å². The highest BCUT2D eigenvalue weighted by molar-refractivity contribution is 6.12. The fraction of sp³-hybridized carbons (Fsp3) is 0.368. The van der Waals surface area contributed by atoms with Gasteiger partial charge in [0.05, 0.1) is 30.2 Å². The fourth-order valence-electron chi connectivity index (χ4n) is 6.12. The minimum absolute atomic E-state index is 0.0703. The molecular weight excluding hydrogens is 641 g/mol. The van der Waals surface area contributed by atoms with Crippen LogP contribution in [-0.2, 0) is 19.0 Å². The van der Waals surface area contributed by atoms with Crippen LogP contribution in [0.1, 0.15) is 63.2 Å². The number of halogens is 1. The number of hydrogen-bond acceptors (Lipinski definition) is 8. The third-order valence-electron chi connectivity index (χ3n) is 8.46. The Bertz CT molecular complexity index is 1820. The summed E-state index contributed by atoms with van der Waals surface area (Å²) in [6, 6.07) is 16.5. The Morgan fingerprint density at radius 1 is 1.00 bits per heavy atom. The molecule has 50 heavy (non-hydrogen) atoms. The number of nitrogens with one attached hydrogen (secondary N) is 2. The maximum Gasteiger partial charge on any atom is 0.412 e. The van der Waals surface area contributed by atoms with Gasteiger partial charge < -0.3 is 29.0 Å². The van der Waals surface area contributed by atoms with Crippen molar-refractivity contribution < 1.29 is 33.0 Å². The van der Waals surface area contributed by atoms with E-state index in [9.17, 15) is 18.8 Å². The molecule has 0 bridgehead atoms. The molecule has 6 rings (SSSR count). The Labute approximate surface area is 290 Å². The number of carbonyl (C=O) groups excluding carboxylic acids is 3. The number of benzene rings is 3. The van der Waals surface area contributed by atoms with Crippen molar-refractivity contribution in [1.82, 2.24) is 9.55 Å². The van der Waals surface area contributed by atoms with Crippen LogP contribution in [0.5, 0.6) is 0 Å². The number of nitrogens with zero attached hydrogens (tertiary/aromatic N) is 3. The van der Waals surface area contributed by atoms with Crippen LogP contribution in [0.4, 0.5) is 26.2 Å². The van der Waals surface area contributed by atoms with Crippen LogP contribution in [0.25, 0.3) is 16.8 Å². The van der Waals surface area contributed by atoms with Gasteiger partial charge in [-0.15, -0.1) is 0 Å². The third-order valence-corrected chi connectivity index (χ3v) is 8.46. The van der Waals surface area contributed by atoms with Gasteiger partial charge in [0.15, 0.2) is 12.1 Å². The van der Waals surface area contributed by atoms with Crippen LogP contribution in [0.15, 0.2) is 79.4 Å². The molecule has 2 amide bonds. The Hall–Kier alpha value is -5.07. The molecule has 0 radical (unpaired) electrons. The zero-order valence-corrected chi connectivity index (χ0v) is 28.5. The molecule has 3 heterocycles. The van der Waals surface area contributed by atoms with Crippen LogP contribution in [-0.4, -0.2) is 65.0 Å². The second-order valence-corrected chi connectivity index (χ2v) is 13.5. The number of imidazole rings is 1. The van der Waals surface area contributed by atoms with Crippen molar-refractivity contribution in [3.63, 3.8) is 0 Å². The molecule has 2 atom stereocenters. The number of carbonyl (C=O) groups is 3. The van der Waals surface area contributed by atoms with Crippen LogP contribution in [0.2, 0.25) is 0 Å². The van der Waals surface area contributed by atoms with Gasteiger partial charge in [0, 0.05) is 54.6 Å². The largest absolute Gasteiger partial charge is 0.444 e. The van der Waals surface area contributed by atoms with Gasteiger partial charge in [0.25, 0.3) is 0 Å². The molecule has 11 nitrogen and oxygen atoms in total. The molecule has 2 saturated heterocycles. The molecule has 262 valence electrons. The van der Waals surface area contributed by atoms with Gasteiger partial charge in [0.2, 0.25) is 5.91 Å². The maximum atomic E-state index is 14.0. The zero-order chi connectivity index (χ0) is 35.3. The average molecular weight is 684 g/mol. The number of aromatic nitrogens is 2. The van der Waals surface area contributed by atoms with Crippen molar-refractivity contribution in [3.05, 3.63) is 90.8 Å². The number of anilines is 3. The van der Waals surface area contributed by atoms with E-state index in [1.165, 1.54) is 12.1 Å². The monoisotopic (exact) mass is 683 g/mol. The molecule has 4 aromatic rings. The summed E-state index contributed by atoms with van der Waals surface area (Å²) < 4.78 is 33.5. The molecule has 1 aromatic heterocycles. The van der Waals surface area contributed by atoms with E-state index in [1.54, 1.807) is 86.5 Å². The van der Waals surface area contributed by atoms with Crippen LogP contribution >= 0.6 is 0 Å². The quantitative estimate of drug-likeness (QED) is 0.131. The molecule has 2 fully saturated rings. The van der Waals surface area contributed by atoms with E-state index in [-0.39, 0.29) is 35.4 Å². The summed E-state index contributed by atoms with van der Waals surface area (Å²) in [5, 5.41) is 5.65. The summed E-state index contributed by atoms with van der Waals surface area (Å²) in [7, 11) is 0. The second-order valence-electron chi connectivity index (χ2n) is 13.5. The van der Waals surface area contributed by atoms with E-state index in [4.69, 9.17) is 14.2 Å². The van der Waals surface area contributed by atoms with Crippen molar-refractivity contribution in [2.24, 2.45) is 0 Å². The summed E-state index contributed by atoms with van der Waals surface area (Å²) >= 11 is 0. The normalized spacial score (nSPS) is 17.7. The van der Waals surface area contributed by atoms with Gasteiger partial charge in [0.1, 0.15) is 11.4 Å². The number of ether oxygens (including phenoxy) is 3. The Kier molecular flexibility index (Phi) is 10.6. The number of amides is 2. The van der Waals surface area contributed by atoms with Crippen molar-refractivity contribution in [3.8, 4) is 16.8 Å². The molecule has 2 N–H and O–H groups in total. The minimum atomic E-state index is -0.775. The first-order chi connectivity index (χ1) is 24.0. The fourth-order valence-corrected chi connectivity index (χ4v) is 6.12. The van der Waals surface area contributed by atoms with Gasteiger partial charge in [-0.2, -0.15) is 0 Å². The minimum Gasteiger partial charge on any atom is -0.444 e. The van der Waals surface area contributed by atoms with E-state index in [1.807, 2.05) is 6.07 Å². The Morgan fingerprint density at radius 2 is 1.80 bits per heavy atom. The lowest BCUT2D eigenvalue weighted by Crippen LogP contribution is -2.30. The molecular formula is C38H42FN5O6. The number of hydrogen-bond donors (Lipinski definition) is 2. The van der Waals surface area contributed by atoms with Gasteiger partial charge >= 0.3 is 6.09 Å². The highest BCUT2D eigenvalue weighted by Crippen LogP contribution is 2.40. The van der Waals surface area contributed by atoms with Gasteiger partial charge in [-0.1, -0.05) is 24.3 Å². The number of Topliss-reactive ketones (excluding diaryl/α,β-unsaturated/α-hetero) is 1. The van der Waals surface area contributed by atoms with Crippen LogP contribution in [0.3, 0.4) is 0 Å². The van der Waals surface area contributed by atoms with E-state index in [0.717, 1.165) is 37.1 Å². The summed E-state index contributed by atoms with van der Waals surface area (Å²) in [5.41, 5.74) is 3.02. The molecule has 0 spiro atoms. The SMILES string of the molecule is CC(C)(C)OC(=O)Nc1cc(N2CC[C@@H](OC3CCCCO3)C2)c(-c2ccc(F)cc2)cc1NC(=O)CC(=O)c1cccc(-n2ccnc2)c1. The Balaban J connectivity index is 1.30. The van der Waals surface area contributed by atoms with Crippen molar-refractivity contribution in [2.45, 2.75) is 70.9 Å². The standard InChI is InChI=1S/C38H42FN5O6/c1-38(2,3)50-37(47)42-32-21-33(43-16-14-29(23-43)49-36-9-4-5-18-48-36)30(25-10-12-27(39)13-11-25)20-31(32)41-35(46)22-34(45)26-7-6-8-28(19-26)44-17-15-40-24-44/h6-8,10-13,15,17,19-21,24,29,36H,4-5,9,14,16,18,22-23H2,1-3H3,(H,41,46)(H,42,47)/t29-,36?/m1/s1. The van der Waals surface area contributed by atoms with E-state index in [2.05, 4.69) is 20.5 Å². The lowest BCUT2D eigenvalue weighted by Gasteiger charge is -2.28. The predicted molar refractivity (Wildman–Crippen MR) is 188 cm³/mol. The Morgan fingerprint density at radius 3 is 2.52 bits per heavy atom. The maximum absolute atomic E-state index is 14.0. The molecule has 0 aliphatic carbocycles. The van der Waals surface area contributed by atoms with E-state index in [0.29, 0.717) is 36.4 Å². The number of rotatable bonds is 10. The number of ketones is 1. The first kappa shape index (κ1) is 34.8. The summed E-state index contributed by atoms with van der Waals surface area (Å²) in [5.74, 6) is -1.34. The molecule has 12 heteroatoms. The molecule has 2 aliphatic rings. The predicted octanol–water partition coefficient (Wildman–Crippen LogP) is 7.36. The lowest BCUT2D eigenvalue weighted by molar-refractivity contribution is -0.183. The van der Waals surface area contributed by atoms with Crippen LogP contribution in [0, 0.1) is 5.82 Å². The second kappa shape index (κ2) is 15.2.